The molecule has 1 aromatic carbocycles. The Morgan fingerprint density at radius 1 is 1.11 bits per heavy atom. The van der Waals surface area contributed by atoms with Crippen LogP contribution in [0.3, 0.4) is 0 Å². The molecule has 0 fully saturated rings. The molecule has 0 radical (unpaired) electrons. The lowest BCUT2D eigenvalue weighted by Crippen LogP contribution is -2.15. The molecule has 4 heteroatoms. The van der Waals surface area contributed by atoms with E-state index in [4.69, 9.17) is 4.74 Å². The Labute approximate surface area is 107 Å². The number of halogens is 2. The summed E-state index contributed by atoms with van der Waals surface area (Å²) in [5, 5.41) is 3.31. The topological polar surface area (TPSA) is 21.3 Å². The predicted octanol–water partition coefficient (Wildman–Crippen LogP) is 3.51. The average Bonchev–Trinajstić information content (AvgIpc) is 2.37. The van der Waals surface area contributed by atoms with Gasteiger partial charge in [0, 0.05) is 0 Å². The van der Waals surface area contributed by atoms with Gasteiger partial charge in [0.2, 0.25) is 5.82 Å². The molecule has 0 aliphatic rings. The van der Waals surface area contributed by atoms with E-state index in [1.54, 1.807) is 0 Å². The highest BCUT2D eigenvalue weighted by molar-refractivity contribution is 5.24. The molecule has 0 heterocycles. The Bertz CT molecular complexity index is 345. The lowest BCUT2D eigenvalue weighted by atomic mass is 10.2. The first-order chi connectivity index (χ1) is 8.75. The van der Waals surface area contributed by atoms with Crippen molar-refractivity contribution in [1.82, 2.24) is 5.32 Å². The van der Waals surface area contributed by atoms with E-state index in [0.29, 0.717) is 6.61 Å². The molecule has 0 aliphatic heterocycles. The molecule has 0 amide bonds. The van der Waals surface area contributed by atoms with Crippen molar-refractivity contribution in [1.29, 1.82) is 0 Å². The summed E-state index contributed by atoms with van der Waals surface area (Å²) < 4.78 is 31.3. The Morgan fingerprint density at radius 3 is 2.72 bits per heavy atom. The van der Waals surface area contributed by atoms with Gasteiger partial charge in [-0.2, -0.15) is 4.39 Å². The van der Waals surface area contributed by atoms with Crippen LogP contribution in [0.2, 0.25) is 0 Å². The zero-order valence-electron chi connectivity index (χ0n) is 10.8. The maximum absolute atomic E-state index is 13.2. The van der Waals surface area contributed by atoms with Crippen LogP contribution in [0.4, 0.5) is 8.78 Å². The number of hydrogen-bond donors (Lipinski definition) is 1. The first-order valence-corrected chi connectivity index (χ1v) is 6.53. The lowest BCUT2D eigenvalue weighted by Gasteiger charge is -2.07. The van der Waals surface area contributed by atoms with E-state index in [1.807, 2.05) is 0 Å². The molecule has 1 N–H and O–H groups in total. The normalized spacial score (nSPS) is 10.6. The second-order valence-electron chi connectivity index (χ2n) is 4.21. The van der Waals surface area contributed by atoms with Gasteiger partial charge in [0.05, 0.1) is 6.61 Å². The molecule has 0 aliphatic carbocycles. The minimum Gasteiger partial charge on any atom is -0.490 e. The van der Waals surface area contributed by atoms with Crippen LogP contribution < -0.4 is 10.1 Å². The van der Waals surface area contributed by atoms with Crippen LogP contribution in [0.1, 0.15) is 32.6 Å². The van der Waals surface area contributed by atoms with Gasteiger partial charge in [-0.25, -0.2) is 4.39 Å². The SMILES string of the molecule is CCCNCCCCCOc1cccc(F)c1F. The van der Waals surface area contributed by atoms with Crippen LogP contribution in [-0.2, 0) is 0 Å². The van der Waals surface area contributed by atoms with Gasteiger partial charge in [-0.15, -0.1) is 0 Å². The summed E-state index contributed by atoms with van der Waals surface area (Å²) in [7, 11) is 0. The number of benzene rings is 1. The number of unbranched alkanes of at least 4 members (excludes halogenated alkanes) is 2. The Hall–Kier alpha value is -1.16. The second kappa shape index (κ2) is 8.86. The molecule has 0 atom stereocenters. The number of hydrogen-bond acceptors (Lipinski definition) is 2. The molecular weight excluding hydrogens is 236 g/mol. The molecule has 0 bridgehead atoms. The van der Waals surface area contributed by atoms with Gasteiger partial charge in [-0.3, -0.25) is 0 Å². The van der Waals surface area contributed by atoms with Crippen LogP contribution in [-0.4, -0.2) is 19.7 Å². The highest BCUT2D eigenvalue weighted by atomic mass is 19.2. The average molecular weight is 257 g/mol. The highest BCUT2D eigenvalue weighted by Crippen LogP contribution is 2.19. The maximum atomic E-state index is 13.2. The molecular formula is C14H21F2NO. The van der Waals surface area contributed by atoms with E-state index >= 15 is 0 Å². The van der Waals surface area contributed by atoms with Crippen molar-refractivity contribution in [3.05, 3.63) is 29.8 Å². The standard InChI is InChI=1S/C14H21F2NO/c1-2-9-17-10-4-3-5-11-18-13-8-6-7-12(15)14(13)16/h6-8,17H,2-5,9-11H2,1H3. The molecule has 102 valence electrons. The fourth-order valence-corrected chi connectivity index (χ4v) is 1.61. The van der Waals surface area contributed by atoms with Gasteiger partial charge in [-0.1, -0.05) is 13.0 Å². The summed E-state index contributed by atoms with van der Waals surface area (Å²) >= 11 is 0. The smallest absolute Gasteiger partial charge is 0.200 e. The second-order valence-corrected chi connectivity index (χ2v) is 4.21. The van der Waals surface area contributed by atoms with E-state index in [1.165, 1.54) is 12.1 Å². The van der Waals surface area contributed by atoms with Crippen LogP contribution in [0.5, 0.6) is 5.75 Å². The lowest BCUT2D eigenvalue weighted by molar-refractivity contribution is 0.285. The summed E-state index contributed by atoms with van der Waals surface area (Å²) in [5.41, 5.74) is 0. The van der Waals surface area contributed by atoms with Gasteiger partial charge in [0.15, 0.2) is 11.6 Å². The van der Waals surface area contributed by atoms with Gasteiger partial charge in [0.25, 0.3) is 0 Å². The summed E-state index contributed by atoms with van der Waals surface area (Å²) in [5.74, 6) is -1.77. The van der Waals surface area contributed by atoms with Gasteiger partial charge in [0.1, 0.15) is 0 Å². The Balaban J connectivity index is 2.09. The van der Waals surface area contributed by atoms with E-state index < -0.39 is 11.6 Å². The first kappa shape index (κ1) is 14.9. The highest BCUT2D eigenvalue weighted by Gasteiger charge is 2.07. The van der Waals surface area contributed by atoms with Gasteiger partial charge < -0.3 is 10.1 Å². The number of nitrogens with one attached hydrogen (secondary N) is 1. The van der Waals surface area contributed by atoms with Crippen LogP contribution in [0.25, 0.3) is 0 Å². The van der Waals surface area contributed by atoms with Crippen molar-refractivity contribution in [3.63, 3.8) is 0 Å². The quantitative estimate of drug-likeness (QED) is 0.683. The molecule has 2 nitrogen and oxygen atoms in total. The minimum atomic E-state index is -0.901. The van der Waals surface area contributed by atoms with Crippen molar-refractivity contribution < 1.29 is 13.5 Å². The zero-order chi connectivity index (χ0) is 13.2. The van der Waals surface area contributed by atoms with E-state index in [9.17, 15) is 8.78 Å². The van der Waals surface area contributed by atoms with Crippen molar-refractivity contribution in [2.45, 2.75) is 32.6 Å². The van der Waals surface area contributed by atoms with Crippen LogP contribution >= 0.6 is 0 Å². The Kier molecular flexibility index (Phi) is 7.34. The van der Waals surface area contributed by atoms with Gasteiger partial charge >= 0.3 is 0 Å². The van der Waals surface area contributed by atoms with E-state index in [-0.39, 0.29) is 5.75 Å². The van der Waals surface area contributed by atoms with Crippen molar-refractivity contribution in [3.8, 4) is 5.75 Å². The largest absolute Gasteiger partial charge is 0.490 e. The molecule has 0 aromatic heterocycles. The van der Waals surface area contributed by atoms with Crippen LogP contribution in [0, 0.1) is 11.6 Å². The fourth-order valence-electron chi connectivity index (χ4n) is 1.61. The monoisotopic (exact) mass is 257 g/mol. The van der Waals surface area contributed by atoms with E-state index in [2.05, 4.69) is 12.2 Å². The van der Waals surface area contributed by atoms with Gasteiger partial charge in [-0.05, 0) is 50.9 Å². The molecule has 1 rings (SSSR count). The molecule has 0 spiro atoms. The summed E-state index contributed by atoms with van der Waals surface area (Å²) in [4.78, 5) is 0. The van der Waals surface area contributed by atoms with Crippen molar-refractivity contribution in [2.75, 3.05) is 19.7 Å². The molecule has 18 heavy (non-hydrogen) atoms. The molecule has 1 aromatic rings. The molecule has 0 saturated carbocycles. The van der Waals surface area contributed by atoms with E-state index in [0.717, 1.165) is 44.8 Å². The third kappa shape index (κ3) is 5.45. The third-order valence-corrected chi connectivity index (χ3v) is 2.60. The number of ether oxygens (including phenoxy) is 1. The van der Waals surface area contributed by atoms with Crippen LogP contribution in [0.15, 0.2) is 18.2 Å². The summed E-state index contributed by atoms with van der Waals surface area (Å²) in [6, 6.07) is 3.98. The Morgan fingerprint density at radius 2 is 1.94 bits per heavy atom. The third-order valence-electron chi connectivity index (χ3n) is 2.60. The van der Waals surface area contributed by atoms with Crippen molar-refractivity contribution >= 4 is 0 Å². The van der Waals surface area contributed by atoms with Crippen molar-refractivity contribution in [2.24, 2.45) is 0 Å². The number of rotatable bonds is 9. The molecule has 0 unspecified atom stereocenters. The predicted molar refractivity (Wildman–Crippen MR) is 68.9 cm³/mol. The fraction of sp³-hybridized carbons (Fsp3) is 0.571. The summed E-state index contributed by atoms with van der Waals surface area (Å²) in [6.45, 7) is 4.61. The first-order valence-electron chi connectivity index (χ1n) is 6.53. The minimum absolute atomic E-state index is 0.000826. The zero-order valence-corrected chi connectivity index (χ0v) is 10.8. The molecule has 0 saturated heterocycles. The summed E-state index contributed by atoms with van der Waals surface area (Å²) in [6.07, 6.45) is 4.09. The maximum Gasteiger partial charge on any atom is 0.200 e.